The van der Waals surface area contributed by atoms with E-state index >= 15 is 0 Å². The van der Waals surface area contributed by atoms with Crippen molar-refractivity contribution in [1.29, 1.82) is 0 Å². The number of carbonyl (C=O) groups is 1. The summed E-state index contributed by atoms with van der Waals surface area (Å²) in [4.78, 5) is 15.8. The SMILES string of the molecule is CCCC1(CNC(=O)c2cc(N)nc(Cl)c2)CC1. The van der Waals surface area contributed by atoms with Crippen LogP contribution in [0.15, 0.2) is 12.1 Å². The zero-order valence-corrected chi connectivity index (χ0v) is 11.3. The van der Waals surface area contributed by atoms with E-state index in [9.17, 15) is 4.79 Å². The minimum absolute atomic E-state index is 0.131. The lowest BCUT2D eigenvalue weighted by atomic mass is 10.0. The fourth-order valence-electron chi connectivity index (χ4n) is 2.24. The summed E-state index contributed by atoms with van der Waals surface area (Å²) in [6, 6.07) is 3.08. The zero-order valence-electron chi connectivity index (χ0n) is 10.5. The Morgan fingerprint density at radius 1 is 1.56 bits per heavy atom. The number of aromatic nitrogens is 1. The number of nitrogens with zero attached hydrogens (tertiary/aromatic N) is 1. The largest absolute Gasteiger partial charge is 0.384 e. The fraction of sp³-hybridized carbons (Fsp3) is 0.538. The third-order valence-corrected chi connectivity index (χ3v) is 3.63. The molecule has 0 bridgehead atoms. The molecule has 1 heterocycles. The molecule has 98 valence electrons. The van der Waals surface area contributed by atoms with Gasteiger partial charge in [-0.25, -0.2) is 4.98 Å². The molecule has 3 N–H and O–H groups in total. The van der Waals surface area contributed by atoms with Gasteiger partial charge in [-0.05, 0) is 36.8 Å². The zero-order chi connectivity index (χ0) is 13.2. The molecule has 0 atom stereocenters. The molecular weight excluding hydrogens is 250 g/mol. The van der Waals surface area contributed by atoms with Gasteiger partial charge in [-0.15, -0.1) is 0 Å². The summed E-state index contributed by atoms with van der Waals surface area (Å²) in [5.41, 5.74) is 6.38. The summed E-state index contributed by atoms with van der Waals surface area (Å²) in [6.45, 7) is 2.91. The number of anilines is 1. The molecule has 2 rings (SSSR count). The van der Waals surface area contributed by atoms with Crippen LogP contribution in [0, 0.1) is 5.41 Å². The van der Waals surface area contributed by atoms with E-state index in [2.05, 4.69) is 17.2 Å². The highest BCUT2D eigenvalue weighted by Crippen LogP contribution is 2.48. The number of hydrogen-bond donors (Lipinski definition) is 2. The molecule has 0 radical (unpaired) electrons. The smallest absolute Gasteiger partial charge is 0.251 e. The van der Waals surface area contributed by atoms with E-state index in [1.54, 1.807) is 6.07 Å². The highest BCUT2D eigenvalue weighted by Gasteiger charge is 2.41. The summed E-state index contributed by atoms with van der Waals surface area (Å²) in [7, 11) is 0. The van der Waals surface area contributed by atoms with Crippen molar-refractivity contribution in [2.24, 2.45) is 5.41 Å². The molecule has 1 aliphatic rings. The number of halogens is 1. The van der Waals surface area contributed by atoms with Crippen LogP contribution in [0.4, 0.5) is 5.82 Å². The third-order valence-electron chi connectivity index (χ3n) is 3.44. The Balaban J connectivity index is 1.95. The number of hydrogen-bond acceptors (Lipinski definition) is 3. The van der Waals surface area contributed by atoms with Crippen LogP contribution in [-0.4, -0.2) is 17.4 Å². The van der Waals surface area contributed by atoms with Crippen LogP contribution in [0.2, 0.25) is 5.15 Å². The Kier molecular flexibility index (Phi) is 3.76. The lowest BCUT2D eigenvalue weighted by Crippen LogP contribution is -2.30. The molecule has 1 aromatic heterocycles. The predicted molar refractivity (Wildman–Crippen MR) is 72.6 cm³/mol. The van der Waals surface area contributed by atoms with Crippen LogP contribution in [0.1, 0.15) is 43.0 Å². The second-order valence-corrected chi connectivity index (χ2v) is 5.42. The summed E-state index contributed by atoms with van der Waals surface area (Å²) >= 11 is 5.78. The van der Waals surface area contributed by atoms with E-state index in [1.807, 2.05) is 0 Å². The monoisotopic (exact) mass is 267 g/mol. The van der Waals surface area contributed by atoms with Crippen molar-refractivity contribution in [1.82, 2.24) is 10.3 Å². The van der Waals surface area contributed by atoms with E-state index in [-0.39, 0.29) is 16.9 Å². The van der Waals surface area contributed by atoms with Crippen molar-refractivity contribution in [2.75, 3.05) is 12.3 Å². The second-order valence-electron chi connectivity index (χ2n) is 5.04. The number of amides is 1. The van der Waals surface area contributed by atoms with E-state index < -0.39 is 0 Å². The number of nitrogen functional groups attached to an aromatic ring is 1. The maximum absolute atomic E-state index is 12.0. The summed E-state index contributed by atoms with van der Waals surface area (Å²) in [5, 5.41) is 3.21. The molecule has 0 saturated heterocycles. The molecule has 5 heteroatoms. The second kappa shape index (κ2) is 5.14. The molecule has 1 amide bonds. The average molecular weight is 268 g/mol. The van der Waals surface area contributed by atoms with Gasteiger partial charge in [0.1, 0.15) is 11.0 Å². The number of nitrogens with two attached hydrogens (primary N) is 1. The molecule has 1 saturated carbocycles. The number of rotatable bonds is 5. The minimum Gasteiger partial charge on any atom is -0.384 e. The molecule has 0 spiro atoms. The molecule has 1 aliphatic carbocycles. The maximum atomic E-state index is 12.0. The summed E-state index contributed by atoms with van der Waals surface area (Å²) in [6.07, 6.45) is 4.75. The molecule has 1 aromatic rings. The summed E-state index contributed by atoms with van der Waals surface area (Å²) in [5.74, 6) is 0.135. The van der Waals surface area contributed by atoms with Crippen LogP contribution in [0.3, 0.4) is 0 Å². The van der Waals surface area contributed by atoms with E-state index in [0.29, 0.717) is 11.0 Å². The van der Waals surface area contributed by atoms with Gasteiger partial charge in [0.25, 0.3) is 5.91 Å². The molecule has 0 unspecified atom stereocenters. The molecular formula is C13H18ClN3O. The first kappa shape index (κ1) is 13.1. The Bertz CT molecular complexity index is 437. The first-order valence-corrected chi connectivity index (χ1v) is 6.64. The number of carbonyl (C=O) groups excluding carboxylic acids is 1. The first-order chi connectivity index (χ1) is 8.54. The number of pyridine rings is 1. The van der Waals surface area contributed by atoms with Crippen LogP contribution in [0.5, 0.6) is 0 Å². The first-order valence-electron chi connectivity index (χ1n) is 6.26. The average Bonchev–Trinajstić information content (AvgIpc) is 3.06. The van der Waals surface area contributed by atoms with Crippen LogP contribution >= 0.6 is 11.6 Å². The van der Waals surface area contributed by atoms with Gasteiger partial charge in [0.05, 0.1) is 0 Å². The van der Waals surface area contributed by atoms with Gasteiger partial charge in [0.15, 0.2) is 0 Å². The maximum Gasteiger partial charge on any atom is 0.251 e. The van der Waals surface area contributed by atoms with Crippen LogP contribution in [0.25, 0.3) is 0 Å². The van der Waals surface area contributed by atoms with Crippen LogP contribution < -0.4 is 11.1 Å². The quantitative estimate of drug-likeness (QED) is 0.806. The van der Waals surface area contributed by atoms with Gasteiger partial charge in [0.2, 0.25) is 0 Å². The lowest BCUT2D eigenvalue weighted by molar-refractivity contribution is 0.0943. The predicted octanol–water partition coefficient (Wildman–Crippen LogP) is 2.63. The third kappa shape index (κ3) is 3.13. The van der Waals surface area contributed by atoms with Gasteiger partial charge >= 0.3 is 0 Å². The van der Waals surface area contributed by atoms with Gasteiger partial charge < -0.3 is 11.1 Å². The van der Waals surface area contributed by atoms with Crippen molar-refractivity contribution in [3.63, 3.8) is 0 Å². The molecule has 1 fully saturated rings. The summed E-state index contributed by atoms with van der Waals surface area (Å²) < 4.78 is 0. The van der Waals surface area contributed by atoms with E-state index in [4.69, 9.17) is 17.3 Å². The van der Waals surface area contributed by atoms with Crippen molar-refractivity contribution < 1.29 is 4.79 Å². The fourth-order valence-corrected chi connectivity index (χ4v) is 2.46. The van der Waals surface area contributed by atoms with Crippen molar-refractivity contribution >= 4 is 23.3 Å². The van der Waals surface area contributed by atoms with Gasteiger partial charge in [-0.3, -0.25) is 4.79 Å². The van der Waals surface area contributed by atoms with Crippen molar-refractivity contribution in [2.45, 2.75) is 32.6 Å². The van der Waals surface area contributed by atoms with Gasteiger partial charge in [-0.2, -0.15) is 0 Å². The van der Waals surface area contributed by atoms with E-state index in [1.165, 1.54) is 25.3 Å². The Hall–Kier alpha value is -1.29. The molecule has 4 nitrogen and oxygen atoms in total. The Morgan fingerprint density at radius 3 is 2.83 bits per heavy atom. The Morgan fingerprint density at radius 2 is 2.28 bits per heavy atom. The Labute approximate surface area is 112 Å². The van der Waals surface area contributed by atoms with Gasteiger partial charge in [0, 0.05) is 12.1 Å². The molecule has 0 aliphatic heterocycles. The topological polar surface area (TPSA) is 68.0 Å². The normalized spacial score (nSPS) is 16.3. The standard InChI is InChI=1S/C13H18ClN3O/c1-2-3-13(4-5-13)8-16-12(18)9-6-10(14)17-11(15)7-9/h6-7H,2-5,8H2,1H3,(H2,15,17)(H,16,18). The highest BCUT2D eigenvalue weighted by molar-refractivity contribution is 6.29. The number of nitrogens with one attached hydrogen (secondary N) is 1. The molecule has 0 aromatic carbocycles. The van der Waals surface area contributed by atoms with Crippen LogP contribution in [-0.2, 0) is 0 Å². The van der Waals surface area contributed by atoms with E-state index in [0.717, 1.165) is 13.0 Å². The lowest BCUT2D eigenvalue weighted by Gasteiger charge is -2.15. The van der Waals surface area contributed by atoms with Crippen molar-refractivity contribution in [3.05, 3.63) is 22.8 Å². The highest BCUT2D eigenvalue weighted by atomic mass is 35.5. The van der Waals surface area contributed by atoms with Crippen molar-refractivity contribution in [3.8, 4) is 0 Å². The minimum atomic E-state index is -0.131. The van der Waals surface area contributed by atoms with Gasteiger partial charge in [-0.1, -0.05) is 24.9 Å². The molecule has 18 heavy (non-hydrogen) atoms.